The molecule has 1 aromatic rings. The van der Waals surface area contributed by atoms with Gasteiger partial charge in [-0.1, -0.05) is 6.07 Å². The van der Waals surface area contributed by atoms with Crippen LogP contribution in [0.2, 0.25) is 0 Å². The number of hydrogen-bond acceptors (Lipinski definition) is 4. The van der Waals surface area contributed by atoms with E-state index in [-0.39, 0.29) is 0 Å². The molecule has 4 nitrogen and oxygen atoms in total. The van der Waals surface area contributed by atoms with Gasteiger partial charge in [0.25, 0.3) is 0 Å². The molecule has 4 heteroatoms. The van der Waals surface area contributed by atoms with Crippen molar-refractivity contribution >= 4 is 5.82 Å². The van der Waals surface area contributed by atoms with Crippen molar-refractivity contribution in [2.45, 2.75) is 38.5 Å². The molecule has 0 bridgehead atoms. The third-order valence-electron chi connectivity index (χ3n) is 4.39. The molecule has 0 aliphatic carbocycles. The van der Waals surface area contributed by atoms with Gasteiger partial charge in [0, 0.05) is 25.2 Å². The number of piperazine rings is 1. The van der Waals surface area contributed by atoms with Crippen LogP contribution in [0.1, 0.15) is 23.7 Å². The van der Waals surface area contributed by atoms with Gasteiger partial charge in [0.15, 0.2) is 0 Å². The lowest BCUT2D eigenvalue weighted by Gasteiger charge is -2.38. The van der Waals surface area contributed by atoms with Gasteiger partial charge in [0.1, 0.15) is 5.82 Å². The molecule has 0 spiro atoms. The molecule has 0 radical (unpaired) electrons. The quantitative estimate of drug-likeness (QED) is 0.736. The fourth-order valence-corrected chi connectivity index (χ4v) is 3.52. The third-order valence-corrected chi connectivity index (χ3v) is 4.39. The molecule has 1 N–H and O–H groups in total. The first kappa shape index (κ1) is 10.8. The molecule has 1 fully saturated rings. The fourth-order valence-electron chi connectivity index (χ4n) is 3.52. The predicted molar refractivity (Wildman–Crippen MR) is 69.9 cm³/mol. The Morgan fingerprint density at radius 1 is 1.39 bits per heavy atom. The van der Waals surface area contributed by atoms with Crippen LogP contribution in [0, 0.1) is 0 Å². The van der Waals surface area contributed by atoms with E-state index in [4.69, 9.17) is 9.72 Å². The van der Waals surface area contributed by atoms with E-state index >= 15 is 0 Å². The summed E-state index contributed by atoms with van der Waals surface area (Å²) in [5.41, 5.74) is 4.00. The Kier molecular flexibility index (Phi) is 2.35. The molecular weight excluding hydrogens is 226 g/mol. The zero-order valence-electron chi connectivity index (χ0n) is 10.8. The first-order valence-corrected chi connectivity index (χ1v) is 6.91. The zero-order valence-corrected chi connectivity index (χ0v) is 10.8. The molecule has 4 heterocycles. The van der Waals surface area contributed by atoms with Crippen molar-refractivity contribution in [3.05, 3.63) is 22.9 Å². The average Bonchev–Trinajstić information content (AvgIpc) is 2.74. The second-order valence-electron chi connectivity index (χ2n) is 5.65. The van der Waals surface area contributed by atoms with Gasteiger partial charge in [-0.25, -0.2) is 4.98 Å². The molecule has 0 saturated carbocycles. The van der Waals surface area contributed by atoms with Crippen LogP contribution >= 0.6 is 0 Å². The second kappa shape index (κ2) is 3.93. The molecule has 0 aromatic carbocycles. The first-order chi connectivity index (χ1) is 8.83. The Morgan fingerprint density at radius 2 is 2.33 bits per heavy atom. The highest BCUT2D eigenvalue weighted by Crippen LogP contribution is 2.35. The second-order valence-corrected chi connectivity index (χ2v) is 5.65. The van der Waals surface area contributed by atoms with E-state index in [9.17, 15) is 0 Å². The summed E-state index contributed by atoms with van der Waals surface area (Å²) in [6.07, 6.45) is 2.17. The number of fused-ring (bicyclic) bond motifs is 4. The Bertz CT molecular complexity index is 488. The van der Waals surface area contributed by atoms with Gasteiger partial charge in [0.05, 0.1) is 18.9 Å². The van der Waals surface area contributed by atoms with Gasteiger partial charge in [0.2, 0.25) is 0 Å². The van der Waals surface area contributed by atoms with Gasteiger partial charge in [-0.2, -0.15) is 0 Å². The van der Waals surface area contributed by atoms with Gasteiger partial charge >= 0.3 is 0 Å². The van der Waals surface area contributed by atoms with Crippen molar-refractivity contribution < 1.29 is 4.74 Å². The predicted octanol–water partition coefficient (Wildman–Crippen LogP) is 0.877. The maximum atomic E-state index is 5.53. The molecule has 3 aliphatic heterocycles. The van der Waals surface area contributed by atoms with Crippen LogP contribution in [-0.2, 0) is 24.2 Å². The molecule has 0 unspecified atom stereocenters. The maximum absolute atomic E-state index is 5.53. The van der Waals surface area contributed by atoms with Crippen LogP contribution < -0.4 is 10.2 Å². The number of nitrogens with one attached hydrogen (secondary N) is 1. The van der Waals surface area contributed by atoms with Crippen molar-refractivity contribution in [3.63, 3.8) is 0 Å². The Hall–Kier alpha value is -1.13. The van der Waals surface area contributed by atoms with Crippen molar-refractivity contribution in [2.24, 2.45) is 0 Å². The van der Waals surface area contributed by atoms with E-state index in [0.717, 1.165) is 38.2 Å². The Balaban J connectivity index is 1.78. The highest BCUT2D eigenvalue weighted by Gasteiger charge is 2.37. The van der Waals surface area contributed by atoms with E-state index in [2.05, 4.69) is 23.2 Å². The average molecular weight is 245 g/mol. The summed E-state index contributed by atoms with van der Waals surface area (Å²) >= 11 is 0. The summed E-state index contributed by atoms with van der Waals surface area (Å²) in [5, 5.41) is 3.52. The van der Waals surface area contributed by atoms with E-state index in [1.807, 2.05) is 0 Å². The van der Waals surface area contributed by atoms with Gasteiger partial charge in [-0.05, 0) is 30.9 Å². The summed E-state index contributed by atoms with van der Waals surface area (Å²) in [4.78, 5) is 7.42. The Labute approximate surface area is 107 Å². The van der Waals surface area contributed by atoms with Crippen molar-refractivity contribution in [3.8, 4) is 0 Å². The number of hydrogen-bond donors (Lipinski definition) is 1. The summed E-state index contributed by atoms with van der Waals surface area (Å²) in [6.45, 7) is 5.96. The number of ether oxygens (including phenoxy) is 1. The van der Waals surface area contributed by atoms with E-state index in [1.165, 1.54) is 16.9 Å². The van der Waals surface area contributed by atoms with Gasteiger partial charge < -0.3 is 15.0 Å². The largest absolute Gasteiger partial charge is 0.375 e. The number of anilines is 1. The number of aromatic nitrogens is 1. The number of rotatable bonds is 0. The summed E-state index contributed by atoms with van der Waals surface area (Å²) in [7, 11) is 0. The molecule has 4 rings (SSSR count). The maximum Gasteiger partial charge on any atom is 0.132 e. The van der Waals surface area contributed by atoms with Gasteiger partial charge in [-0.15, -0.1) is 0 Å². The lowest BCUT2D eigenvalue weighted by atomic mass is 10.0. The molecule has 3 aliphatic rings. The molecule has 96 valence electrons. The summed E-state index contributed by atoms with van der Waals surface area (Å²) in [5.74, 6) is 1.22. The number of pyridine rings is 1. The highest BCUT2D eigenvalue weighted by molar-refractivity contribution is 5.57. The highest BCUT2D eigenvalue weighted by atomic mass is 16.5. The van der Waals surface area contributed by atoms with E-state index in [0.29, 0.717) is 18.7 Å². The monoisotopic (exact) mass is 245 g/mol. The molecule has 0 amide bonds. The van der Waals surface area contributed by atoms with Crippen LogP contribution in [0.5, 0.6) is 0 Å². The first-order valence-electron chi connectivity index (χ1n) is 6.91. The Morgan fingerprint density at radius 3 is 3.28 bits per heavy atom. The topological polar surface area (TPSA) is 37.4 Å². The smallest absolute Gasteiger partial charge is 0.132 e. The van der Waals surface area contributed by atoms with Crippen molar-refractivity contribution in [1.29, 1.82) is 0 Å². The van der Waals surface area contributed by atoms with Crippen LogP contribution in [0.15, 0.2) is 6.07 Å². The summed E-state index contributed by atoms with van der Waals surface area (Å²) < 4.78 is 5.53. The minimum Gasteiger partial charge on any atom is -0.375 e. The lowest BCUT2D eigenvalue weighted by Crippen LogP contribution is -2.55. The van der Waals surface area contributed by atoms with Gasteiger partial charge in [-0.3, -0.25) is 0 Å². The fraction of sp³-hybridized carbons (Fsp3) is 0.643. The van der Waals surface area contributed by atoms with Crippen LogP contribution in [0.25, 0.3) is 0 Å². The van der Waals surface area contributed by atoms with Crippen molar-refractivity contribution in [1.82, 2.24) is 10.3 Å². The molecular formula is C14H19N3O. The minimum absolute atomic E-state index is 0.542. The zero-order chi connectivity index (χ0) is 12.1. The standard InChI is InChI=1S/C14H19N3O/c1-9-6-15-7-12-5-11-4-10-2-3-18-8-13(10)16-14(11)17(9)12/h4,9,12,15H,2-3,5-8H2,1H3/t9-,12+/m1/s1. The van der Waals surface area contributed by atoms with Crippen LogP contribution in [0.3, 0.4) is 0 Å². The molecule has 2 atom stereocenters. The molecule has 18 heavy (non-hydrogen) atoms. The summed E-state index contributed by atoms with van der Waals surface area (Å²) in [6, 6.07) is 3.52. The minimum atomic E-state index is 0.542. The molecule has 1 saturated heterocycles. The number of nitrogens with zero attached hydrogens (tertiary/aromatic N) is 2. The van der Waals surface area contributed by atoms with Crippen LogP contribution in [0.4, 0.5) is 5.82 Å². The van der Waals surface area contributed by atoms with E-state index in [1.54, 1.807) is 0 Å². The third kappa shape index (κ3) is 1.49. The van der Waals surface area contributed by atoms with Crippen molar-refractivity contribution in [2.75, 3.05) is 24.6 Å². The van der Waals surface area contributed by atoms with E-state index < -0.39 is 0 Å². The normalized spacial score (nSPS) is 29.7. The SMILES string of the molecule is C[C@@H]1CNC[C@@H]2Cc3cc4c(nc3N21)COCC4. The lowest BCUT2D eigenvalue weighted by molar-refractivity contribution is 0.107. The molecule has 1 aromatic heterocycles. The van der Waals surface area contributed by atoms with Crippen LogP contribution in [-0.4, -0.2) is 36.8 Å².